The Balaban J connectivity index is 1.61. The van der Waals surface area contributed by atoms with E-state index in [1.165, 1.54) is 12.8 Å². The Kier molecular flexibility index (Phi) is 4.43. The summed E-state index contributed by atoms with van der Waals surface area (Å²) in [7, 11) is 0. The second-order valence-electron chi connectivity index (χ2n) is 6.96. The van der Waals surface area contributed by atoms with Crippen molar-refractivity contribution in [3.8, 4) is 11.5 Å². The number of nitrogens with zero attached hydrogens (tertiary/aromatic N) is 1. The number of rotatable bonds is 3. The number of benzene rings is 1. The molecule has 1 aliphatic carbocycles. The molecular weight excluding hydrogens is 374 g/mol. The van der Waals surface area contributed by atoms with Crippen LogP contribution in [-0.2, 0) is 11.3 Å². The lowest BCUT2D eigenvalue weighted by Gasteiger charge is -2.33. The molecule has 0 spiro atoms. The van der Waals surface area contributed by atoms with Crippen LogP contribution in [0.3, 0.4) is 0 Å². The SMILES string of the molecule is O=C(O)[C@@H]1C[C@@H]2CCCC[C@H]2N1Cc1cc2c(cc1Br)OCCO2. The van der Waals surface area contributed by atoms with Gasteiger partial charge in [0.05, 0.1) is 0 Å². The molecule has 2 aliphatic heterocycles. The van der Waals surface area contributed by atoms with E-state index in [4.69, 9.17) is 9.47 Å². The first-order valence-electron chi connectivity index (χ1n) is 8.70. The quantitative estimate of drug-likeness (QED) is 0.849. The van der Waals surface area contributed by atoms with Gasteiger partial charge in [-0.2, -0.15) is 0 Å². The van der Waals surface area contributed by atoms with Gasteiger partial charge in [0.1, 0.15) is 19.3 Å². The molecule has 5 nitrogen and oxygen atoms in total. The molecule has 0 unspecified atom stereocenters. The van der Waals surface area contributed by atoms with Crippen molar-refractivity contribution >= 4 is 21.9 Å². The molecule has 3 atom stereocenters. The predicted molar refractivity (Wildman–Crippen MR) is 92.5 cm³/mol. The van der Waals surface area contributed by atoms with Crippen LogP contribution in [0, 0.1) is 5.92 Å². The standard InChI is InChI=1S/C18H22BrNO4/c19-13-9-17-16(23-5-6-24-17)8-12(13)10-20-14-4-2-1-3-11(14)7-15(20)18(21)22/h8-9,11,14-15H,1-7,10H2,(H,21,22)/t11-,14+,15-/m0/s1. The monoisotopic (exact) mass is 395 g/mol. The van der Waals surface area contributed by atoms with Crippen molar-refractivity contribution in [3.05, 3.63) is 22.2 Å². The van der Waals surface area contributed by atoms with Crippen LogP contribution >= 0.6 is 15.9 Å². The van der Waals surface area contributed by atoms with Gasteiger partial charge in [0, 0.05) is 17.1 Å². The smallest absolute Gasteiger partial charge is 0.320 e. The van der Waals surface area contributed by atoms with Crippen molar-refractivity contribution in [2.24, 2.45) is 5.92 Å². The third-order valence-corrected chi connectivity index (χ3v) is 6.31. The molecule has 24 heavy (non-hydrogen) atoms. The highest BCUT2D eigenvalue weighted by Gasteiger charge is 2.45. The number of likely N-dealkylation sites (tertiary alicyclic amines) is 1. The molecule has 1 aromatic rings. The second kappa shape index (κ2) is 6.56. The first-order valence-corrected chi connectivity index (χ1v) is 9.49. The summed E-state index contributed by atoms with van der Waals surface area (Å²) >= 11 is 3.62. The third kappa shape index (κ3) is 2.90. The molecule has 3 aliphatic rings. The van der Waals surface area contributed by atoms with E-state index in [9.17, 15) is 9.90 Å². The van der Waals surface area contributed by atoms with Crippen LogP contribution in [0.5, 0.6) is 11.5 Å². The Morgan fingerprint density at radius 2 is 1.92 bits per heavy atom. The van der Waals surface area contributed by atoms with E-state index in [0.717, 1.165) is 40.8 Å². The van der Waals surface area contributed by atoms with Crippen LogP contribution in [0.2, 0.25) is 0 Å². The van der Waals surface area contributed by atoms with E-state index in [1.807, 2.05) is 12.1 Å². The molecule has 0 bridgehead atoms. The predicted octanol–water partition coefficient (Wildman–Crippen LogP) is 3.44. The Hall–Kier alpha value is -1.27. The second-order valence-corrected chi connectivity index (χ2v) is 7.82. The number of fused-ring (bicyclic) bond motifs is 2. The fourth-order valence-corrected chi connectivity index (χ4v) is 4.89. The van der Waals surface area contributed by atoms with Gasteiger partial charge in [-0.15, -0.1) is 0 Å². The number of halogens is 1. The number of hydrogen-bond donors (Lipinski definition) is 1. The van der Waals surface area contributed by atoms with Crippen molar-refractivity contribution in [1.82, 2.24) is 4.90 Å². The molecule has 0 aromatic heterocycles. The van der Waals surface area contributed by atoms with Crippen LogP contribution in [0.15, 0.2) is 16.6 Å². The van der Waals surface area contributed by atoms with Crippen LogP contribution in [0.4, 0.5) is 0 Å². The van der Waals surface area contributed by atoms with Crippen LogP contribution in [0.25, 0.3) is 0 Å². The number of aliphatic carboxylic acids is 1. The lowest BCUT2D eigenvalue weighted by Crippen LogP contribution is -2.41. The third-order valence-electron chi connectivity index (χ3n) is 5.57. The summed E-state index contributed by atoms with van der Waals surface area (Å²) in [5, 5.41) is 9.67. The largest absolute Gasteiger partial charge is 0.486 e. The van der Waals surface area contributed by atoms with E-state index < -0.39 is 5.97 Å². The molecule has 1 saturated heterocycles. The zero-order chi connectivity index (χ0) is 16.7. The van der Waals surface area contributed by atoms with E-state index in [0.29, 0.717) is 31.7 Å². The summed E-state index contributed by atoms with van der Waals surface area (Å²) in [6.45, 7) is 1.76. The Morgan fingerprint density at radius 1 is 1.21 bits per heavy atom. The Bertz CT molecular complexity index is 650. The molecule has 0 radical (unpaired) electrons. The van der Waals surface area contributed by atoms with Gasteiger partial charge < -0.3 is 14.6 Å². The fourth-order valence-electron chi connectivity index (χ4n) is 4.45. The minimum atomic E-state index is -0.696. The van der Waals surface area contributed by atoms with Crippen LogP contribution < -0.4 is 9.47 Å². The average molecular weight is 396 g/mol. The molecular formula is C18H22BrNO4. The Labute approximate surface area is 150 Å². The highest BCUT2D eigenvalue weighted by Crippen LogP contribution is 2.42. The van der Waals surface area contributed by atoms with E-state index in [-0.39, 0.29) is 6.04 Å². The minimum absolute atomic E-state index is 0.377. The maximum absolute atomic E-state index is 11.8. The summed E-state index contributed by atoms with van der Waals surface area (Å²) in [5.74, 6) is 1.34. The van der Waals surface area contributed by atoms with E-state index in [2.05, 4.69) is 20.8 Å². The molecule has 6 heteroatoms. The van der Waals surface area contributed by atoms with Gasteiger partial charge in [0.25, 0.3) is 0 Å². The molecule has 2 heterocycles. The summed E-state index contributed by atoms with van der Waals surface area (Å²) in [4.78, 5) is 14.0. The lowest BCUT2D eigenvalue weighted by molar-refractivity contribution is -0.142. The maximum atomic E-state index is 11.8. The van der Waals surface area contributed by atoms with Crippen LogP contribution in [0.1, 0.15) is 37.7 Å². The molecule has 2 fully saturated rings. The van der Waals surface area contributed by atoms with Gasteiger partial charge in [-0.25, -0.2) is 0 Å². The minimum Gasteiger partial charge on any atom is -0.486 e. The highest BCUT2D eigenvalue weighted by atomic mass is 79.9. The normalized spacial score (nSPS) is 29.3. The van der Waals surface area contributed by atoms with E-state index >= 15 is 0 Å². The van der Waals surface area contributed by atoms with Crippen molar-refractivity contribution in [2.75, 3.05) is 13.2 Å². The van der Waals surface area contributed by atoms with Crippen molar-refractivity contribution in [1.29, 1.82) is 0 Å². The lowest BCUT2D eigenvalue weighted by atomic mass is 9.84. The van der Waals surface area contributed by atoms with Crippen molar-refractivity contribution in [3.63, 3.8) is 0 Å². The number of ether oxygens (including phenoxy) is 2. The van der Waals surface area contributed by atoms with Gasteiger partial charge >= 0.3 is 5.97 Å². The Morgan fingerprint density at radius 3 is 2.67 bits per heavy atom. The molecule has 130 valence electrons. The van der Waals surface area contributed by atoms with Gasteiger partial charge in [-0.05, 0) is 42.9 Å². The highest BCUT2D eigenvalue weighted by molar-refractivity contribution is 9.10. The number of carboxylic acid groups (broad SMARTS) is 1. The van der Waals surface area contributed by atoms with Gasteiger partial charge in [-0.3, -0.25) is 9.69 Å². The fraction of sp³-hybridized carbons (Fsp3) is 0.611. The molecule has 0 amide bonds. The molecule has 4 rings (SSSR count). The first-order chi connectivity index (χ1) is 11.6. The van der Waals surface area contributed by atoms with Crippen molar-refractivity contribution < 1.29 is 19.4 Å². The maximum Gasteiger partial charge on any atom is 0.320 e. The zero-order valence-corrected chi connectivity index (χ0v) is 15.1. The molecule has 1 aromatic carbocycles. The molecule has 1 saturated carbocycles. The number of carbonyl (C=O) groups is 1. The zero-order valence-electron chi connectivity index (χ0n) is 13.5. The topological polar surface area (TPSA) is 59.0 Å². The van der Waals surface area contributed by atoms with Crippen LogP contribution in [-0.4, -0.2) is 41.3 Å². The van der Waals surface area contributed by atoms with E-state index in [1.54, 1.807) is 0 Å². The molecule has 1 N–H and O–H groups in total. The average Bonchev–Trinajstić information content (AvgIpc) is 2.95. The first kappa shape index (κ1) is 16.2. The van der Waals surface area contributed by atoms with Gasteiger partial charge in [0.15, 0.2) is 11.5 Å². The van der Waals surface area contributed by atoms with Gasteiger partial charge in [-0.1, -0.05) is 28.8 Å². The van der Waals surface area contributed by atoms with Crippen molar-refractivity contribution in [2.45, 2.75) is 50.7 Å². The summed E-state index contributed by atoms with van der Waals surface area (Å²) in [6, 6.07) is 3.94. The number of carboxylic acids is 1. The number of hydrogen-bond acceptors (Lipinski definition) is 4. The summed E-state index contributed by atoms with van der Waals surface area (Å²) < 4.78 is 12.2. The summed E-state index contributed by atoms with van der Waals surface area (Å²) in [6.07, 6.45) is 5.48. The summed E-state index contributed by atoms with van der Waals surface area (Å²) in [5.41, 5.74) is 1.07. The van der Waals surface area contributed by atoms with Gasteiger partial charge in [0.2, 0.25) is 0 Å².